The van der Waals surface area contributed by atoms with Crippen molar-refractivity contribution in [3.63, 3.8) is 0 Å². The van der Waals surface area contributed by atoms with Crippen molar-refractivity contribution in [1.29, 1.82) is 0 Å². The average Bonchev–Trinajstić information content (AvgIpc) is 2.72. The molecule has 2 fully saturated rings. The maximum Gasteiger partial charge on any atom is 0.0666 e. The van der Waals surface area contributed by atoms with E-state index in [2.05, 4.69) is 0 Å². The van der Waals surface area contributed by atoms with Crippen LogP contribution < -0.4 is 0 Å². The van der Waals surface area contributed by atoms with E-state index < -0.39 is 0 Å². The van der Waals surface area contributed by atoms with Crippen LogP contribution >= 0.6 is 11.8 Å². The minimum Gasteiger partial charge on any atom is -0.392 e. The first-order chi connectivity index (χ1) is 6.36. The van der Waals surface area contributed by atoms with Crippen molar-refractivity contribution in [1.82, 2.24) is 0 Å². The molecule has 0 bridgehead atoms. The van der Waals surface area contributed by atoms with Gasteiger partial charge >= 0.3 is 0 Å². The molecule has 13 heavy (non-hydrogen) atoms. The SMILES string of the molecule is O[C@H]1CCC[C@@H]1SCC1CCCO1. The monoisotopic (exact) mass is 202 g/mol. The van der Waals surface area contributed by atoms with Crippen LogP contribution in [0.1, 0.15) is 32.1 Å². The highest BCUT2D eigenvalue weighted by Crippen LogP contribution is 2.31. The zero-order valence-electron chi connectivity index (χ0n) is 7.95. The number of ether oxygens (including phenoxy) is 1. The molecule has 0 aromatic carbocycles. The Bertz CT molecular complexity index is 157. The summed E-state index contributed by atoms with van der Waals surface area (Å²) >= 11 is 1.91. The standard InChI is InChI=1S/C10H18O2S/c11-9-4-1-5-10(9)13-7-8-3-2-6-12-8/h8-11H,1-7H2/t8?,9-,10-/m0/s1. The van der Waals surface area contributed by atoms with Crippen molar-refractivity contribution >= 4 is 11.8 Å². The predicted molar refractivity (Wildman–Crippen MR) is 55.1 cm³/mol. The Morgan fingerprint density at radius 2 is 2.15 bits per heavy atom. The van der Waals surface area contributed by atoms with E-state index in [1.165, 1.54) is 25.7 Å². The molecule has 1 heterocycles. The summed E-state index contributed by atoms with van der Waals surface area (Å²) < 4.78 is 5.55. The molecule has 0 spiro atoms. The lowest BCUT2D eigenvalue weighted by atomic mass is 10.3. The van der Waals surface area contributed by atoms with Crippen LogP contribution in [-0.2, 0) is 4.74 Å². The Morgan fingerprint density at radius 3 is 2.77 bits per heavy atom. The quantitative estimate of drug-likeness (QED) is 0.757. The van der Waals surface area contributed by atoms with Crippen molar-refractivity contribution < 1.29 is 9.84 Å². The lowest BCUT2D eigenvalue weighted by molar-refractivity contribution is 0.128. The first-order valence-corrected chi connectivity index (χ1v) is 6.32. The second-order valence-corrected chi connectivity index (χ2v) is 5.28. The van der Waals surface area contributed by atoms with E-state index in [9.17, 15) is 5.11 Å². The summed E-state index contributed by atoms with van der Waals surface area (Å²) in [5, 5.41) is 10.1. The van der Waals surface area contributed by atoms with E-state index in [1.807, 2.05) is 11.8 Å². The summed E-state index contributed by atoms with van der Waals surface area (Å²) in [6, 6.07) is 0. The van der Waals surface area contributed by atoms with Crippen LogP contribution in [0.15, 0.2) is 0 Å². The van der Waals surface area contributed by atoms with Gasteiger partial charge in [0, 0.05) is 17.6 Å². The first kappa shape index (κ1) is 9.81. The maximum atomic E-state index is 9.60. The molecule has 1 N–H and O–H groups in total. The lowest BCUT2D eigenvalue weighted by Crippen LogP contribution is -2.19. The van der Waals surface area contributed by atoms with Gasteiger partial charge in [-0.25, -0.2) is 0 Å². The molecule has 0 aromatic heterocycles. The van der Waals surface area contributed by atoms with Gasteiger partial charge in [0.25, 0.3) is 0 Å². The van der Waals surface area contributed by atoms with Crippen LogP contribution in [0.2, 0.25) is 0 Å². The van der Waals surface area contributed by atoms with Gasteiger partial charge in [-0.3, -0.25) is 0 Å². The number of aliphatic hydroxyl groups excluding tert-OH is 1. The third-order valence-corrected chi connectivity index (χ3v) is 4.48. The van der Waals surface area contributed by atoms with Gasteiger partial charge in [-0.15, -0.1) is 0 Å². The van der Waals surface area contributed by atoms with Gasteiger partial charge in [0.1, 0.15) is 0 Å². The van der Waals surface area contributed by atoms with E-state index >= 15 is 0 Å². The van der Waals surface area contributed by atoms with E-state index in [-0.39, 0.29) is 6.10 Å². The molecule has 1 aliphatic heterocycles. The minimum atomic E-state index is -0.0496. The van der Waals surface area contributed by atoms with Crippen LogP contribution in [0.5, 0.6) is 0 Å². The molecule has 1 unspecified atom stereocenters. The molecule has 1 saturated heterocycles. The molecular formula is C10H18O2S. The third-order valence-electron chi connectivity index (χ3n) is 2.94. The van der Waals surface area contributed by atoms with Crippen molar-refractivity contribution in [2.24, 2.45) is 0 Å². The van der Waals surface area contributed by atoms with Gasteiger partial charge in [0.05, 0.1) is 12.2 Å². The number of rotatable bonds is 3. The molecule has 1 saturated carbocycles. The van der Waals surface area contributed by atoms with E-state index in [0.29, 0.717) is 11.4 Å². The van der Waals surface area contributed by atoms with Crippen LogP contribution in [0.4, 0.5) is 0 Å². The summed E-state index contributed by atoms with van der Waals surface area (Å²) in [6.45, 7) is 0.943. The fraction of sp³-hybridized carbons (Fsp3) is 1.00. The highest BCUT2D eigenvalue weighted by Gasteiger charge is 2.27. The molecule has 2 aliphatic rings. The minimum absolute atomic E-state index is 0.0496. The predicted octanol–water partition coefficient (Wildman–Crippen LogP) is 1.81. The van der Waals surface area contributed by atoms with Crippen LogP contribution in [0.3, 0.4) is 0 Å². The largest absolute Gasteiger partial charge is 0.392 e. The summed E-state index contributed by atoms with van der Waals surface area (Å²) in [5.74, 6) is 1.09. The van der Waals surface area contributed by atoms with Crippen LogP contribution in [0.25, 0.3) is 0 Å². The summed E-state index contributed by atoms with van der Waals surface area (Å²) in [6.07, 6.45) is 6.25. The zero-order valence-corrected chi connectivity index (χ0v) is 8.76. The van der Waals surface area contributed by atoms with Gasteiger partial charge in [-0.05, 0) is 32.1 Å². The van der Waals surface area contributed by atoms with Crippen molar-refractivity contribution in [2.75, 3.05) is 12.4 Å². The maximum absolute atomic E-state index is 9.60. The van der Waals surface area contributed by atoms with Crippen molar-refractivity contribution in [3.8, 4) is 0 Å². The molecule has 2 nitrogen and oxygen atoms in total. The van der Waals surface area contributed by atoms with Gasteiger partial charge < -0.3 is 9.84 Å². The third kappa shape index (κ3) is 2.61. The lowest BCUT2D eigenvalue weighted by Gasteiger charge is -2.16. The molecule has 0 radical (unpaired) electrons. The van der Waals surface area contributed by atoms with E-state index in [0.717, 1.165) is 18.8 Å². The molecule has 0 amide bonds. The van der Waals surface area contributed by atoms with Crippen molar-refractivity contribution in [3.05, 3.63) is 0 Å². The van der Waals surface area contributed by atoms with E-state index in [4.69, 9.17) is 4.74 Å². The number of aliphatic hydroxyl groups is 1. The second kappa shape index (κ2) is 4.67. The summed E-state index contributed by atoms with van der Waals surface area (Å²) in [4.78, 5) is 0. The smallest absolute Gasteiger partial charge is 0.0666 e. The average molecular weight is 202 g/mol. The normalized spacial score (nSPS) is 39.9. The number of hydrogen-bond acceptors (Lipinski definition) is 3. The Kier molecular flexibility index (Phi) is 3.52. The molecule has 76 valence electrons. The molecule has 2 rings (SSSR count). The first-order valence-electron chi connectivity index (χ1n) is 5.27. The van der Waals surface area contributed by atoms with Crippen LogP contribution in [0, 0.1) is 0 Å². The van der Waals surface area contributed by atoms with Gasteiger partial charge in [-0.2, -0.15) is 11.8 Å². The summed E-state index contributed by atoms with van der Waals surface area (Å²) in [5.41, 5.74) is 0. The Labute approximate surface area is 84.0 Å². The topological polar surface area (TPSA) is 29.5 Å². The van der Waals surface area contributed by atoms with Gasteiger partial charge in [0.2, 0.25) is 0 Å². The number of hydrogen-bond donors (Lipinski definition) is 1. The van der Waals surface area contributed by atoms with Crippen molar-refractivity contribution in [2.45, 2.75) is 49.6 Å². The molecular weight excluding hydrogens is 184 g/mol. The zero-order chi connectivity index (χ0) is 9.10. The molecule has 1 aliphatic carbocycles. The Morgan fingerprint density at radius 1 is 1.23 bits per heavy atom. The molecule has 3 atom stereocenters. The van der Waals surface area contributed by atoms with Gasteiger partial charge in [0.15, 0.2) is 0 Å². The van der Waals surface area contributed by atoms with Gasteiger partial charge in [-0.1, -0.05) is 0 Å². The Balaban J connectivity index is 1.66. The molecule has 0 aromatic rings. The molecule has 3 heteroatoms. The fourth-order valence-electron chi connectivity index (χ4n) is 2.11. The highest BCUT2D eigenvalue weighted by molar-refractivity contribution is 8.00. The van der Waals surface area contributed by atoms with Crippen LogP contribution in [-0.4, -0.2) is 34.9 Å². The van der Waals surface area contributed by atoms with E-state index in [1.54, 1.807) is 0 Å². The summed E-state index contributed by atoms with van der Waals surface area (Å²) in [7, 11) is 0. The fourth-order valence-corrected chi connectivity index (χ4v) is 3.52. The number of thioether (sulfide) groups is 1. The second-order valence-electron chi connectivity index (χ2n) is 4.01. The highest BCUT2D eigenvalue weighted by atomic mass is 32.2. The Hall–Kier alpha value is 0.270.